The molecule has 0 aliphatic carbocycles. The number of nitrogens with one attached hydrogen (secondary N) is 1. The van der Waals surface area contributed by atoms with E-state index in [0.29, 0.717) is 19.5 Å². The van der Waals surface area contributed by atoms with Crippen molar-refractivity contribution in [3.8, 4) is 0 Å². The van der Waals surface area contributed by atoms with E-state index >= 15 is 0 Å². The van der Waals surface area contributed by atoms with Crippen molar-refractivity contribution in [2.24, 2.45) is 0 Å². The number of hydrogen-bond acceptors (Lipinski definition) is 4. The summed E-state index contributed by atoms with van der Waals surface area (Å²) < 4.78 is 5.17. The summed E-state index contributed by atoms with van der Waals surface area (Å²) in [5.74, 6) is -0.993. The predicted molar refractivity (Wildman–Crippen MR) is 79.6 cm³/mol. The molecule has 1 fully saturated rings. The summed E-state index contributed by atoms with van der Waals surface area (Å²) >= 11 is 1.64. The molecule has 2 amide bonds. The molecule has 1 aromatic rings. The van der Waals surface area contributed by atoms with Gasteiger partial charge in [-0.3, -0.25) is 0 Å². The number of thiophene rings is 1. The van der Waals surface area contributed by atoms with E-state index in [0.717, 1.165) is 4.88 Å². The number of carbonyl (C=O) groups is 2. The van der Waals surface area contributed by atoms with Crippen LogP contribution in [0.1, 0.15) is 21.7 Å². The highest BCUT2D eigenvalue weighted by Gasteiger charge is 2.39. The summed E-state index contributed by atoms with van der Waals surface area (Å²) in [4.78, 5) is 27.0. The number of carbonyl (C=O) groups excluding carboxylic acids is 1. The highest BCUT2D eigenvalue weighted by atomic mass is 32.1. The maximum Gasteiger partial charge on any atom is 0.326 e. The molecule has 1 aromatic heterocycles. The second-order valence-electron chi connectivity index (χ2n) is 5.21. The summed E-state index contributed by atoms with van der Waals surface area (Å²) in [7, 11) is 1.53. The fraction of sp³-hybridized carbons (Fsp3) is 0.571. The lowest BCUT2D eigenvalue weighted by atomic mass is 10.2. The smallest absolute Gasteiger partial charge is 0.326 e. The van der Waals surface area contributed by atoms with E-state index in [1.165, 1.54) is 22.5 Å². The summed E-state index contributed by atoms with van der Waals surface area (Å²) in [5, 5.41) is 12.0. The average molecular weight is 312 g/mol. The largest absolute Gasteiger partial charge is 0.480 e. The Balaban J connectivity index is 1.97. The number of ether oxygens (including phenoxy) is 1. The van der Waals surface area contributed by atoms with Crippen LogP contribution in [0, 0.1) is 13.8 Å². The molecule has 0 saturated carbocycles. The van der Waals surface area contributed by atoms with Gasteiger partial charge >= 0.3 is 12.0 Å². The van der Waals surface area contributed by atoms with E-state index in [1.54, 1.807) is 11.3 Å². The maximum atomic E-state index is 12.2. The maximum absolute atomic E-state index is 12.2. The minimum absolute atomic E-state index is 0.219. The third-order valence-electron chi connectivity index (χ3n) is 3.77. The standard InChI is InChI=1S/C14H20N2O4S/c1-8-4-11(21-9(8)2)6-15-14(19)16-7-10(20-3)5-12(16)13(17)18/h4,10,12H,5-7H2,1-3H3,(H,15,19)(H,17,18). The molecule has 116 valence electrons. The first kappa shape index (κ1) is 15.8. The van der Waals surface area contributed by atoms with Gasteiger partial charge in [0, 0.05) is 29.8 Å². The Bertz CT molecular complexity index is 524. The zero-order chi connectivity index (χ0) is 15.6. The van der Waals surface area contributed by atoms with Crippen LogP contribution in [-0.2, 0) is 16.1 Å². The third-order valence-corrected chi connectivity index (χ3v) is 4.93. The van der Waals surface area contributed by atoms with Gasteiger partial charge in [-0.05, 0) is 25.5 Å². The number of carboxylic acid groups (broad SMARTS) is 1. The summed E-state index contributed by atoms with van der Waals surface area (Å²) in [6.07, 6.45) is 0.110. The lowest BCUT2D eigenvalue weighted by molar-refractivity contribution is -0.141. The number of aryl methyl sites for hydroxylation is 2. The molecule has 2 unspecified atom stereocenters. The zero-order valence-corrected chi connectivity index (χ0v) is 13.2. The van der Waals surface area contributed by atoms with Crippen LogP contribution in [0.4, 0.5) is 4.79 Å². The van der Waals surface area contributed by atoms with Crippen molar-refractivity contribution < 1.29 is 19.4 Å². The van der Waals surface area contributed by atoms with E-state index in [4.69, 9.17) is 4.74 Å². The zero-order valence-electron chi connectivity index (χ0n) is 12.4. The molecule has 2 N–H and O–H groups in total. The van der Waals surface area contributed by atoms with Gasteiger partial charge in [0.15, 0.2) is 0 Å². The minimum atomic E-state index is -0.993. The molecule has 1 aliphatic rings. The topological polar surface area (TPSA) is 78.9 Å². The van der Waals surface area contributed by atoms with Crippen LogP contribution in [0.3, 0.4) is 0 Å². The highest BCUT2D eigenvalue weighted by molar-refractivity contribution is 7.12. The van der Waals surface area contributed by atoms with E-state index in [2.05, 4.69) is 5.32 Å². The molecule has 2 rings (SSSR count). The Hall–Kier alpha value is -1.60. The lowest BCUT2D eigenvalue weighted by Gasteiger charge is -2.21. The predicted octanol–water partition coefficient (Wildman–Crippen LogP) is 1.75. The Morgan fingerprint density at radius 2 is 2.24 bits per heavy atom. The van der Waals surface area contributed by atoms with E-state index in [1.807, 2.05) is 19.9 Å². The van der Waals surface area contributed by atoms with Crippen LogP contribution in [0.25, 0.3) is 0 Å². The van der Waals surface area contributed by atoms with E-state index in [-0.39, 0.29) is 12.1 Å². The molecule has 0 aromatic carbocycles. The van der Waals surface area contributed by atoms with E-state index in [9.17, 15) is 14.7 Å². The fourth-order valence-electron chi connectivity index (χ4n) is 2.43. The van der Waals surface area contributed by atoms with Gasteiger partial charge in [-0.15, -0.1) is 11.3 Å². The molecule has 2 heterocycles. The molecule has 0 bridgehead atoms. The van der Waals surface area contributed by atoms with Gasteiger partial charge in [0.25, 0.3) is 0 Å². The number of urea groups is 1. The second-order valence-corrected chi connectivity index (χ2v) is 6.55. The van der Waals surface area contributed by atoms with E-state index < -0.39 is 12.0 Å². The number of carboxylic acids is 1. The quantitative estimate of drug-likeness (QED) is 0.888. The number of hydrogen-bond donors (Lipinski definition) is 2. The minimum Gasteiger partial charge on any atom is -0.480 e. The van der Waals surface area contributed by atoms with Crippen LogP contribution < -0.4 is 5.32 Å². The first-order valence-electron chi connectivity index (χ1n) is 6.78. The van der Waals surface area contributed by atoms with Crippen molar-refractivity contribution in [1.82, 2.24) is 10.2 Å². The van der Waals surface area contributed by atoms with Gasteiger partial charge < -0.3 is 20.1 Å². The van der Waals surface area contributed by atoms with Gasteiger partial charge in [-0.25, -0.2) is 9.59 Å². The SMILES string of the molecule is COC1CC(C(=O)O)N(C(=O)NCc2cc(C)c(C)s2)C1. The van der Waals surface area contributed by atoms with Gasteiger partial charge in [0.05, 0.1) is 12.6 Å². The summed E-state index contributed by atoms with van der Waals surface area (Å²) in [6.45, 7) is 4.79. The summed E-state index contributed by atoms with van der Waals surface area (Å²) in [5.41, 5.74) is 1.20. The molecule has 0 spiro atoms. The van der Waals surface area contributed by atoms with Gasteiger partial charge in [-0.2, -0.15) is 0 Å². The Morgan fingerprint density at radius 1 is 1.52 bits per heavy atom. The summed E-state index contributed by atoms with van der Waals surface area (Å²) in [6, 6.07) is 0.865. The second kappa shape index (κ2) is 6.44. The van der Waals surface area contributed by atoms with Gasteiger partial charge in [0.2, 0.25) is 0 Å². The number of amides is 2. The molecule has 6 nitrogen and oxygen atoms in total. The van der Waals surface area contributed by atoms with Crippen LogP contribution >= 0.6 is 11.3 Å². The fourth-order valence-corrected chi connectivity index (χ4v) is 3.42. The molecule has 1 aliphatic heterocycles. The van der Waals surface area contributed by atoms with Crippen LogP contribution in [0.5, 0.6) is 0 Å². The molecule has 1 saturated heterocycles. The van der Waals surface area contributed by atoms with Crippen LogP contribution in [0.15, 0.2) is 6.07 Å². The first-order valence-corrected chi connectivity index (χ1v) is 7.60. The molecule has 2 atom stereocenters. The molecule has 7 heteroatoms. The van der Waals surface area contributed by atoms with Crippen LogP contribution in [-0.4, -0.2) is 47.8 Å². The van der Waals surface area contributed by atoms with Crippen molar-refractivity contribution in [1.29, 1.82) is 0 Å². The number of rotatable bonds is 4. The van der Waals surface area contributed by atoms with Crippen molar-refractivity contribution in [2.75, 3.05) is 13.7 Å². The van der Waals surface area contributed by atoms with Crippen molar-refractivity contribution >= 4 is 23.3 Å². The van der Waals surface area contributed by atoms with Crippen LogP contribution in [0.2, 0.25) is 0 Å². The molecular weight excluding hydrogens is 292 g/mol. The number of aliphatic carboxylic acids is 1. The number of likely N-dealkylation sites (tertiary alicyclic amines) is 1. The lowest BCUT2D eigenvalue weighted by Crippen LogP contribution is -2.45. The van der Waals surface area contributed by atoms with Crippen molar-refractivity contribution in [3.63, 3.8) is 0 Å². The molecule has 21 heavy (non-hydrogen) atoms. The molecular formula is C14H20N2O4S. The highest BCUT2D eigenvalue weighted by Crippen LogP contribution is 2.22. The first-order chi connectivity index (χ1) is 9.92. The van der Waals surface area contributed by atoms with Gasteiger partial charge in [0.1, 0.15) is 6.04 Å². The number of methoxy groups -OCH3 is 1. The Labute approximate surface area is 127 Å². The third kappa shape index (κ3) is 3.54. The number of nitrogens with zero attached hydrogens (tertiary/aromatic N) is 1. The van der Waals surface area contributed by atoms with Gasteiger partial charge in [-0.1, -0.05) is 0 Å². The Kier molecular flexibility index (Phi) is 4.84. The average Bonchev–Trinajstić information content (AvgIpc) is 3.00. The molecule has 0 radical (unpaired) electrons. The van der Waals surface area contributed by atoms with Crippen molar-refractivity contribution in [3.05, 3.63) is 21.4 Å². The van der Waals surface area contributed by atoms with Crippen molar-refractivity contribution in [2.45, 2.75) is 39.0 Å². The monoisotopic (exact) mass is 312 g/mol. The Morgan fingerprint density at radius 3 is 2.76 bits per heavy atom. The normalized spacial score (nSPS) is 21.6.